The number of nitrogens with zero attached hydrogens (tertiary/aromatic N) is 3. The molecule has 0 aliphatic carbocycles. The van der Waals surface area contributed by atoms with Crippen LogP contribution in [0, 0.1) is 6.92 Å². The van der Waals surface area contributed by atoms with Crippen molar-refractivity contribution in [3.05, 3.63) is 83.7 Å². The average Bonchev–Trinajstić information content (AvgIpc) is 3.18. The SMILES string of the molecule is Cc1cccc2sc(N(Cc3cccnc3)C(=O)Cc3ccc(S(C)(=O)=O)cc3)nc12. The highest BCUT2D eigenvalue weighted by Crippen LogP contribution is 2.31. The van der Waals surface area contributed by atoms with Crippen LogP contribution in [0.5, 0.6) is 0 Å². The summed E-state index contributed by atoms with van der Waals surface area (Å²) in [6.45, 7) is 2.36. The predicted molar refractivity (Wildman–Crippen MR) is 123 cm³/mol. The van der Waals surface area contributed by atoms with Crippen molar-refractivity contribution >= 4 is 42.4 Å². The van der Waals surface area contributed by atoms with Gasteiger partial charge < -0.3 is 0 Å². The number of anilines is 1. The second-order valence-corrected chi connectivity index (χ2v) is 10.4. The summed E-state index contributed by atoms with van der Waals surface area (Å²) in [4.78, 5) is 24.1. The van der Waals surface area contributed by atoms with Gasteiger partial charge in [0.15, 0.2) is 15.0 Å². The molecule has 8 heteroatoms. The number of hydrogen-bond donors (Lipinski definition) is 0. The van der Waals surface area contributed by atoms with E-state index < -0.39 is 9.84 Å². The van der Waals surface area contributed by atoms with E-state index in [0.29, 0.717) is 11.7 Å². The summed E-state index contributed by atoms with van der Waals surface area (Å²) in [5.74, 6) is -0.118. The lowest BCUT2D eigenvalue weighted by atomic mass is 10.1. The van der Waals surface area contributed by atoms with E-state index >= 15 is 0 Å². The van der Waals surface area contributed by atoms with Gasteiger partial charge in [0.1, 0.15) is 0 Å². The van der Waals surface area contributed by atoms with E-state index in [1.807, 2.05) is 37.3 Å². The standard InChI is InChI=1S/C23H21N3O3S2/c1-16-5-3-7-20-22(16)25-23(30-20)26(15-18-6-4-12-24-14-18)21(27)13-17-8-10-19(11-9-17)31(2,28)29/h3-12,14H,13,15H2,1-2H3. The molecule has 0 aliphatic rings. The molecule has 4 aromatic rings. The van der Waals surface area contributed by atoms with Crippen molar-refractivity contribution in [2.45, 2.75) is 24.8 Å². The molecule has 0 spiro atoms. The monoisotopic (exact) mass is 451 g/mol. The van der Waals surface area contributed by atoms with Gasteiger partial charge in [-0.2, -0.15) is 0 Å². The molecule has 0 unspecified atom stereocenters. The molecule has 0 saturated carbocycles. The quantitative estimate of drug-likeness (QED) is 0.439. The predicted octanol–water partition coefficient (Wildman–Crippen LogP) is 4.18. The Bertz CT molecular complexity index is 1330. The summed E-state index contributed by atoms with van der Waals surface area (Å²) in [7, 11) is -3.28. The number of carbonyl (C=O) groups excluding carboxylic acids is 1. The minimum Gasteiger partial charge on any atom is -0.283 e. The molecule has 2 aromatic heterocycles. The Hall–Kier alpha value is -3.10. The van der Waals surface area contributed by atoms with Crippen LogP contribution in [-0.4, -0.2) is 30.5 Å². The van der Waals surface area contributed by atoms with Gasteiger partial charge in [0, 0.05) is 18.6 Å². The number of aromatic nitrogens is 2. The molecule has 0 bridgehead atoms. The van der Waals surface area contributed by atoms with Gasteiger partial charge in [-0.25, -0.2) is 13.4 Å². The molecule has 0 aliphatic heterocycles. The fourth-order valence-corrected chi connectivity index (χ4v) is 4.94. The summed E-state index contributed by atoms with van der Waals surface area (Å²) in [5, 5.41) is 0.630. The molecule has 2 heterocycles. The Morgan fingerprint density at radius 1 is 1.03 bits per heavy atom. The third-order valence-electron chi connectivity index (χ3n) is 4.91. The van der Waals surface area contributed by atoms with Crippen LogP contribution in [0.1, 0.15) is 16.7 Å². The molecule has 2 aromatic carbocycles. The van der Waals surface area contributed by atoms with Crippen molar-refractivity contribution in [1.82, 2.24) is 9.97 Å². The van der Waals surface area contributed by atoms with Gasteiger partial charge >= 0.3 is 0 Å². The topological polar surface area (TPSA) is 80.2 Å². The maximum absolute atomic E-state index is 13.3. The van der Waals surface area contributed by atoms with E-state index in [0.717, 1.165) is 33.2 Å². The van der Waals surface area contributed by atoms with Crippen LogP contribution in [0.2, 0.25) is 0 Å². The van der Waals surface area contributed by atoms with Gasteiger partial charge in [0.25, 0.3) is 0 Å². The first-order valence-electron chi connectivity index (χ1n) is 9.66. The highest BCUT2D eigenvalue weighted by molar-refractivity contribution is 7.90. The first-order chi connectivity index (χ1) is 14.8. The number of hydrogen-bond acceptors (Lipinski definition) is 6. The normalized spacial score (nSPS) is 11.5. The molecule has 31 heavy (non-hydrogen) atoms. The second kappa shape index (κ2) is 8.56. The van der Waals surface area contributed by atoms with Crippen LogP contribution in [0.25, 0.3) is 10.2 Å². The molecular weight excluding hydrogens is 430 g/mol. The first kappa shape index (κ1) is 21.1. The van der Waals surface area contributed by atoms with Gasteiger partial charge in [-0.3, -0.25) is 14.7 Å². The number of aryl methyl sites for hydroxylation is 1. The Labute approximate surface area is 185 Å². The van der Waals surface area contributed by atoms with E-state index in [2.05, 4.69) is 4.98 Å². The summed E-state index contributed by atoms with van der Waals surface area (Å²) in [6, 6.07) is 16.2. The minimum atomic E-state index is -3.28. The maximum Gasteiger partial charge on any atom is 0.233 e. The zero-order valence-electron chi connectivity index (χ0n) is 17.1. The average molecular weight is 452 g/mol. The largest absolute Gasteiger partial charge is 0.283 e. The van der Waals surface area contributed by atoms with Gasteiger partial charge in [-0.15, -0.1) is 0 Å². The summed E-state index contributed by atoms with van der Waals surface area (Å²) < 4.78 is 24.4. The zero-order chi connectivity index (χ0) is 22.0. The van der Waals surface area contributed by atoms with Crippen molar-refractivity contribution < 1.29 is 13.2 Å². The number of pyridine rings is 1. The third-order valence-corrected chi connectivity index (χ3v) is 7.08. The molecular formula is C23H21N3O3S2. The van der Waals surface area contributed by atoms with E-state index in [1.54, 1.807) is 29.4 Å². The number of para-hydroxylation sites is 1. The number of benzene rings is 2. The Morgan fingerprint density at radius 3 is 2.45 bits per heavy atom. The van der Waals surface area contributed by atoms with Crippen molar-refractivity contribution in [3.8, 4) is 0 Å². The van der Waals surface area contributed by atoms with Crippen LogP contribution < -0.4 is 4.90 Å². The molecule has 0 N–H and O–H groups in total. The first-order valence-corrected chi connectivity index (χ1v) is 12.4. The third kappa shape index (κ3) is 4.81. The molecule has 0 fully saturated rings. The minimum absolute atomic E-state index is 0.118. The number of thiazole rings is 1. The Morgan fingerprint density at radius 2 is 1.81 bits per heavy atom. The van der Waals surface area contributed by atoms with Crippen LogP contribution in [-0.2, 0) is 27.6 Å². The van der Waals surface area contributed by atoms with E-state index in [1.165, 1.54) is 23.5 Å². The van der Waals surface area contributed by atoms with Crippen molar-refractivity contribution in [2.75, 3.05) is 11.2 Å². The van der Waals surface area contributed by atoms with Crippen LogP contribution in [0.15, 0.2) is 71.9 Å². The van der Waals surface area contributed by atoms with Crippen molar-refractivity contribution in [1.29, 1.82) is 0 Å². The Balaban J connectivity index is 1.66. The number of rotatable bonds is 6. The highest BCUT2D eigenvalue weighted by atomic mass is 32.2. The fraction of sp³-hybridized carbons (Fsp3) is 0.174. The molecule has 0 atom stereocenters. The number of sulfone groups is 1. The van der Waals surface area contributed by atoms with Crippen LogP contribution in [0.3, 0.4) is 0 Å². The lowest BCUT2D eigenvalue weighted by molar-refractivity contribution is -0.118. The van der Waals surface area contributed by atoms with Crippen molar-refractivity contribution in [3.63, 3.8) is 0 Å². The van der Waals surface area contributed by atoms with Gasteiger partial charge in [-0.1, -0.05) is 41.7 Å². The summed E-state index contributed by atoms with van der Waals surface area (Å²) in [5.41, 5.74) is 3.60. The van der Waals surface area contributed by atoms with Gasteiger partial charge in [0.05, 0.1) is 28.1 Å². The number of amides is 1. The molecule has 1 amide bonds. The lowest BCUT2D eigenvalue weighted by Gasteiger charge is -2.20. The fourth-order valence-electron chi connectivity index (χ4n) is 3.25. The highest BCUT2D eigenvalue weighted by Gasteiger charge is 2.21. The van der Waals surface area contributed by atoms with Crippen LogP contribution >= 0.6 is 11.3 Å². The molecule has 0 saturated heterocycles. The Kier molecular flexibility index (Phi) is 5.84. The van der Waals surface area contributed by atoms with Gasteiger partial charge in [-0.05, 0) is 47.9 Å². The summed E-state index contributed by atoms with van der Waals surface area (Å²) in [6.07, 6.45) is 4.73. The number of fused-ring (bicyclic) bond motifs is 1. The molecule has 4 rings (SSSR count). The van der Waals surface area contributed by atoms with E-state index in [4.69, 9.17) is 4.98 Å². The van der Waals surface area contributed by atoms with E-state index in [-0.39, 0.29) is 17.2 Å². The zero-order valence-corrected chi connectivity index (χ0v) is 18.8. The summed E-state index contributed by atoms with van der Waals surface area (Å²) >= 11 is 1.48. The maximum atomic E-state index is 13.3. The second-order valence-electron chi connectivity index (χ2n) is 7.35. The van der Waals surface area contributed by atoms with Gasteiger partial charge in [0.2, 0.25) is 5.91 Å². The van der Waals surface area contributed by atoms with Crippen molar-refractivity contribution in [2.24, 2.45) is 0 Å². The number of carbonyl (C=O) groups is 1. The molecule has 158 valence electrons. The molecule has 0 radical (unpaired) electrons. The van der Waals surface area contributed by atoms with E-state index in [9.17, 15) is 13.2 Å². The smallest absolute Gasteiger partial charge is 0.233 e. The molecule has 6 nitrogen and oxygen atoms in total. The lowest BCUT2D eigenvalue weighted by Crippen LogP contribution is -2.31. The van der Waals surface area contributed by atoms with Crippen LogP contribution in [0.4, 0.5) is 5.13 Å².